The number of hydrogen-bond acceptors (Lipinski definition) is 3. The molecule has 0 rings (SSSR count). The van der Waals surface area contributed by atoms with Gasteiger partial charge in [0.2, 0.25) is 0 Å². The molecule has 0 aromatic rings. The lowest BCUT2D eigenvalue weighted by molar-refractivity contribution is 0.355. The fraction of sp³-hybridized carbons (Fsp3) is 0.833. The maximum absolute atomic E-state index is 2.98. The second-order valence-corrected chi connectivity index (χ2v) is 4.35. The first kappa shape index (κ1) is 17.4. The molecule has 92 valence electrons. The Morgan fingerprint density at radius 3 is 2.40 bits per heavy atom. The average molecular weight is 232 g/mol. The van der Waals surface area contributed by atoms with Crippen molar-refractivity contribution < 1.29 is 0 Å². The third-order valence-electron chi connectivity index (χ3n) is 1.99. The van der Waals surface area contributed by atoms with Crippen molar-refractivity contribution in [2.75, 3.05) is 45.7 Å². The molecule has 0 aliphatic carbocycles. The van der Waals surface area contributed by atoms with E-state index in [1.807, 2.05) is 31.8 Å². The van der Waals surface area contributed by atoms with Crippen LogP contribution in [-0.2, 0) is 0 Å². The standard InChI is InChI=1S/C7H17NS.C5H11N/c1-4-8(2)6-5-7-9-3;1-3-4-5-6-2/h4-7H2,1-3H3;3-4,6H,5H2,1-2H3/b;4-3-. The van der Waals surface area contributed by atoms with E-state index in [1.165, 1.54) is 25.3 Å². The minimum Gasteiger partial charge on any atom is -0.316 e. The number of hydrogen-bond donors (Lipinski definition) is 1. The highest BCUT2D eigenvalue weighted by Gasteiger charge is 1.91. The van der Waals surface area contributed by atoms with Gasteiger partial charge in [0.25, 0.3) is 0 Å². The topological polar surface area (TPSA) is 15.3 Å². The lowest BCUT2D eigenvalue weighted by atomic mass is 10.4. The van der Waals surface area contributed by atoms with Crippen LogP contribution < -0.4 is 5.32 Å². The van der Waals surface area contributed by atoms with E-state index in [2.05, 4.69) is 36.5 Å². The minimum atomic E-state index is 0.983. The molecule has 0 aliphatic heterocycles. The summed E-state index contributed by atoms with van der Waals surface area (Å²) in [6.07, 6.45) is 7.58. The molecule has 0 aliphatic rings. The van der Waals surface area contributed by atoms with E-state index in [0.29, 0.717) is 0 Å². The highest BCUT2D eigenvalue weighted by molar-refractivity contribution is 7.98. The summed E-state index contributed by atoms with van der Waals surface area (Å²) in [5, 5.41) is 2.98. The number of nitrogens with zero attached hydrogens (tertiary/aromatic N) is 1. The van der Waals surface area contributed by atoms with Crippen molar-refractivity contribution in [2.45, 2.75) is 20.3 Å². The largest absolute Gasteiger partial charge is 0.316 e. The summed E-state index contributed by atoms with van der Waals surface area (Å²) >= 11 is 1.93. The molecule has 0 bridgehead atoms. The Morgan fingerprint density at radius 2 is 2.07 bits per heavy atom. The van der Waals surface area contributed by atoms with Crippen LogP contribution in [0.3, 0.4) is 0 Å². The van der Waals surface area contributed by atoms with Gasteiger partial charge in [-0.15, -0.1) is 0 Å². The zero-order chi connectivity index (χ0) is 11.9. The first-order chi connectivity index (χ1) is 7.22. The molecular formula is C12H28N2S. The molecule has 0 heterocycles. The summed E-state index contributed by atoms with van der Waals surface area (Å²) in [6.45, 7) is 7.61. The molecule has 2 nitrogen and oxygen atoms in total. The van der Waals surface area contributed by atoms with Crippen LogP contribution in [0.2, 0.25) is 0 Å². The van der Waals surface area contributed by atoms with Gasteiger partial charge in [0.05, 0.1) is 0 Å². The highest BCUT2D eigenvalue weighted by Crippen LogP contribution is 1.96. The fourth-order valence-electron chi connectivity index (χ4n) is 0.873. The highest BCUT2D eigenvalue weighted by atomic mass is 32.2. The van der Waals surface area contributed by atoms with Gasteiger partial charge >= 0.3 is 0 Å². The third-order valence-corrected chi connectivity index (χ3v) is 2.68. The molecule has 0 fully saturated rings. The van der Waals surface area contributed by atoms with E-state index >= 15 is 0 Å². The summed E-state index contributed by atoms with van der Waals surface area (Å²) in [7, 11) is 4.10. The number of thioether (sulfide) groups is 1. The van der Waals surface area contributed by atoms with Crippen LogP contribution in [-0.4, -0.2) is 50.6 Å². The Balaban J connectivity index is 0. The maximum atomic E-state index is 2.98. The summed E-state index contributed by atoms with van der Waals surface area (Å²) in [5.74, 6) is 1.30. The van der Waals surface area contributed by atoms with Gasteiger partial charge in [0.15, 0.2) is 0 Å². The van der Waals surface area contributed by atoms with E-state index < -0.39 is 0 Å². The fourth-order valence-corrected chi connectivity index (χ4v) is 1.29. The molecule has 0 spiro atoms. The molecule has 0 unspecified atom stereocenters. The zero-order valence-electron chi connectivity index (χ0n) is 11.0. The van der Waals surface area contributed by atoms with Crippen molar-refractivity contribution in [1.29, 1.82) is 0 Å². The van der Waals surface area contributed by atoms with E-state index in [0.717, 1.165) is 6.54 Å². The van der Waals surface area contributed by atoms with Crippen LogP contribution >= 0.6 is 11.8 Å². The van der Waals surface area contributed by atoms with E-state index in [9.17, 15) is 0 Å². The number of nitrogens with one attached hydrogen (secondary N) is 1. The van der Waals surface area contributed by atoms with E-state index in [1.54, 1.807) is 0 Å². The van der Waals surface area contributed by atoms with Crippen LogP contribution in [0.15, 0.2) is 12.2 Å². The van der Waals surface area contributed by atoms with Gasteiger partial charge in [0, 0.05) is 6.54 Å². The summed E-state index contributed by atoms with van der Waals surface area (Å²) in [4.78, 5) is 2.34. The molecule has 15 heavy (non-hydrogen) atoms. The van der Waals surface area contributed by atoms with E-state index in [4.69, 9.17) is 0 Å². The Kier molecular flexibility index (Phi) is 19.1. The second kappa shape index (κ2) is 16.4. The molecule has 0 saturated carbocycles. The summed E-state index contributed by atoms with van der Waals surface area (Å²) in [6, 6.07) is 0. The lowest BCUT2D eigenvalue weighted by Gasteiger charge is -2.11. The molecule has 0 aromatic carbocycles. The molecule has 3 heteroatoms. The predicted octanol–water partition coefficient (Wildman–Crippen LogP) is 2.47. The molecule has 0 amide bonds. The quantitative estimate of drug-likeness (QED) is 0.536. The first-order valence-corrected chi connectivity index (χ1v) is 7.05. The SMILES string of the molecule is C/C=C\CNC.CCN(C)CCCSC. The molecule has 0 saturated heterocycles. The van der Waals surface area contributed by atoms with Gasteiger partial charge < -0.3 is 10.2 Å². The van der Waals surface area contributed by atoms with Gasteiger partial charge in [-0.05, 0) is 52.5 Å². The summed E-state index contributed by atoms with van der Waals surface area (Å²) < 4.78 is 0. The van der Waals surface area contributed by atoms with Crippen LogP contribution in [0, 0.1) is 0 Å². The molecule has 0 atom stereocenters. The van der Waals surface area contributed by atoms with Gasteiger partial charge in [0.1, 0.15) is 0 Å². The van der Waals surface area contributed by atoms with Crippen molar-refractivity contribution in [1.82, 2.24) is 10.2 Å². The Labute approximate surface area is 101 Å². The predicted molar refractivity (Wildman–Crippen MR) is 74.9 cm³/mol. The van der Waals surface area contributed by atoms with Crippen molar-refractivity contribution in [2.24, 2.45) is 0 Å². The smallest absolute Gasteiger partial charge is 0.0131 e. The Morgan fingerprint density at radius 1 is 1.40 bits per heavy atom. The van der Waals surface area contributed by atoms with Gasteiger partial charge in [-0.2, -0.15) is 11.8 Å². The van der Waals surface area contributed by atoms with Crippen LogP contribution in [0.25, 0.3) is 0 Å². The van der Waals surface area contributed by atoms with Gasteiger partial charge in [-0.1, -0.05) is 19.1 Å². The number of allylic oxidation sites excluding steroid dienone is 1. The monoisotopic (exact) mass is 232 g/mol. The first-order valence-electron chi connectivity index (χ1n) is 5.66. The third kappa shape index (κ3) is 20.2. The van der Waals surface area contributed by atoms with Crippen LogP contribution in [0.1, 0.15) is 20.3 Å². The van der Waals surface area contributed by atoms with Crippen molar-refractivity contribution in [3.8, 4) is 0 Å². The van der Waals surface area contributed by atoms with Gasteiger partial charge in [-0.3, -0.25) is 0 Å². The molecule has 0 aromatic heterocycles. The molecule has 1 N–H and O–H groups in total. The molecule has 0 radical (unpaired) electrons. The lowest BCUT2D eigenvalue weighted by Crippen LogP contribution is -2.19. The van der Waals surface area contributed by atoms with Crippen molar-refractivity contribution in [3.63, 3.8) is 0 Å². The van der Waals surface area contributed by atoms with Crippen LogP contribution in [0.5, 0.6) is 0 Å². The normalized spacial score (nSPS) is 10.5. The second-order valence-electron chi connectivity index (χ2n) is 3.37. The Hall–Kier alpha value is 0.0100. The molecular weight excluding hydrogens is 204 g/mol. The summed E-state index contributed by atoms with van der Waals surface area (Å²) in [5.41, 5.74) is 0. The maximum Gasteiger partial charge on any atom is 0.0131 e. The van der Waals surface area contributed by atoms with Crippen molar-refractivity contribution in [3.05, 3.63) is 12.2 Å². The van der Waals surface area contributed by atoms with Gasteiger partial charge in [-0.25, -0.2) is 0 Å². The average Bonchev–Trinajstić information content (AvgIpc) is 2.27. The number of rotatable bonds is 7. The van der Waals surface area contributed by atoms with Crippen LogP contribution in [0.4, 0.5) is 0 Å². The Bertz CT molecular complexity index is 127. The van der Waals surface area contributed by atoms with Crippen molar-refractivity contribution >= 4 is 11.8 Å². The number of likely N-dealkylation sites (N-methyl/N-ethyl adjacent to an activating group) is 1. The minimum absolute atomic E-state index is 0.983. The zero-order valence-corrected chi connectivity index (χ0v) is 11.9. The van der Waals surface area contributed by atoms with E-state index in [-0.39, 0.29) is 0 Å².